The molecule has 1 aromatic carbocycles. The summed E-state index contributed by atoms with van der Waals surface area (Å²) in [7, 11) is 1.59. The van der Waals surface area contributed by atoms with Crippen LogP contribution >= 0.6 is 0 Å². The number of amides is 3. The topological polar surface area (TPSA) is 106 Å². The highest BCUT2D eigenvalue weighted by Crippen LogP contribution is 2.33. The van der Waals surface area contributed by atoms with Gasteiger partial charge in [0.1, 0.15) is 0 Å². The van der Waals surface area contributed by atoms with Crippen molar-refractivity contribution < 1.29 is 14.4 Å². The molecule has 2 aliphatic heterocycles. The van der Waals surface area contributed by atoms with Gasteiger partial charge in [-0.2, -0.15) is 0 Å². The number of rotatable bonds is 3. The Bertz CT molecular complexity index is 804. The number of nitrogens with one attached hydrogen (secondary N) is 3. The molecule has 2 atom stereocenters. The summed E-state index contributed by atoms with van der Waals surface area (Å²) in [6, 6.07) is 6.92. The van der Waals surface area contributed by atoms with Crippen molar-refractivity contribution in [3.05, 3.63) is 29.8 Å². The second-order valence-corrected chi connectivity index (χ2v) is 7.87. The lowest BCUT2D eigenvalue weighted by Crippen LogP contribution is -2.65. The maximum Gasteiger partial charge on any atom is 0.253 e. The highest BCUT2D eigenvalue weighted by molar-refractivity contribution is 5.99. The Hall–Kier alpha value is -2.90. The molecule has 2 saturated heterocycles. The van der Waals surface area contributed by atoms with Gasteiger partial charge >= 0.3 is 0 Å². The van der Waals surface area contributed by atoms with Gasteiger partial charge in [0.05, 0.1) is 12.0 Å². The lowest BCUT2D eigenvalue weighted by Gasteiger charge is -2.47. The van der Waals surface area contributed by atoms with Gasteiger partial charge in [-0.25, -0.2) is 0 Å². The van der Waals surface area contributed by atoms with Crippen LogP contribution in [-0.2, 0) is 9.59 Å². The number of piperidine rings is 1. The molecular formula is C20H27N5O3. The second-order valence-electron chi connectivity index (χ2n) is 7.87. The van der Waals surface area contributed by atoms with Crippen molar-refractivity contribution in [3.63, 3.8) is 0 Å². The number of nitrogens with zero attached hydrogens (tertiary/aromatic N) is 2. The summed E-state index contributed by atoms with van der Waals surface area (Å²) in [4.78, 5) is 39.7. The van der Waals surface area contributed by atoms with Crippen molar-refractivity contribution in [1.82, 2.24) is 15.1 Å². The molecule has 0 bridgehead atoms. The molecule has 0 radical (unpaired) electrons. The van der Waals surface area contributed by atoms with Gasteiger partial charge in [0.15, 0.2) is 5.96 Å². The van der Waals surface area contributed by atoms with Crippen LogP contribution in [0.15, 0.2) is 24.3 Å². The van der Waals surface area contributed by atoms with Crippen LogP contribution in [0.2, 0.25) is 0 Å². The molecule has 2 heterocycles. The molecule has 1 unspecified atom stereocenters. The summed E-state index contributed by atoms with van der Waals surface area (Å²) < 4.78 is 0. The zero-order valence-electron chi connectivity index (χ0n) is 16.5. The molecule has 1 aromatic rings. The van der Waals surface area contributed by atoms with E-state index in [-0.39, 0.29) is 29.6 Å². The number of hydrogen-bond acceptors (Lipinski definition) is 4. The molecule has 0 aromatic heterocycles. The Morgan fingerprint density at radius 3 is 2.79 bits per heavy atom. The Morgan fingerprint density at radius 2 is 2.11 bits per heavy atom. The molecule has 150 valence electrons. The van der Waals surface area contributed by atoms with Crippen LogP contribution in [-0.4, -0.2) is 59.2 Å². The average molecular weight is 385 g/mol. The Morgan fingerprint density at radius 1 is 1.36 bits per heavy atom. The smallest absolute Gasteiger partial charge is 0.253 e. The standard InChI is InChI=1S/C20H27N5O3/c1-13(26)22-16-8-4-6-14(10-16)18(28)25-9-5-7-15(12-25)20(2)11-17(27)24(3)19(21)23-20/h4,6,8,10,15H,5,7,9,11-12H2,1-3H3,(H2,21,23)(H,22,26)/t15?,20-/m0/s1. The molecule has 0 aliphatic carbocycles. The van der Waals surface area contributed by atoms with Crippen molar-refractivity contribution >= 4 is 29.4 Å². The minimum Gasteiger partial charge on any atom is -0.350 e. The SMILES string of the molecule is CC(=O)Nc1cccc(C(=O)N2CCCC([C@]3(C)CC(=O)N(C)C(=N)N3)C2)c1. The van der Waals surface area contributed by atoms with E-state index in [0.717, 1.165) is 12.8 Å². The van der Waals surface area contributed by atoms with Gasteiger partial charge in [0.2, 0.25) is 11.8 Å². The third-order valence-corrected chi connectivity index (χ3v) is 5.67. The highest BCUT2D eigenvalue weighted by Gasteiger charge is 2.44. The minimum atomic E-state index is -0.544. The van der Waals surface area contributed by atoms with Crippen molar-refractivity contribution in [2.75, 3.05) is 25.5 Å². The zero-order chi connectivity index (χ0) is 20.5. The van der Waals surface area contributed by atoms with E-state index in [9.17, 15) is 14.4 Å². The van der Waals surface area contributed by atoms with Crippen LogP contribution < -0.4 is 10.6 Å². The predicted octanol–water partition coefficient (Wildman–Crippen LogP) is 1.64. The van der Waals surface area contributed by atoms with Gasteiger partial charge in [-0.15, -0.1) is 0 Å². The molecule has 3 N–H and O–H groups in total. The lowest BCUT2D eigenvalue weighted by molar-refractivity contribution is -0.130. The maximum absolute atomic E-state index is 13.0. The van der Waals surface area contributed by atoms with Crippen LogP contribution in [0.3, 0.4) is 0 Å². The summed E-state index contributed by atoms with van der Waals surface area (Å²) >= 11 is 0. The summed E-state index contributed by atoms with van der Waals surface area (Å²) in [5.74, 6) is -0.185. The van der Waals surface area contributed by atoms with Crippen LogP contribution in [0, 0.1) is 11.3 Å². The molecule has 8 nitrogen and oxygen atoms in total. The predicted molar refractivity (Wildman–Crippen MR) is 106 cm³/mol. The number of likely N-dealkylation sites (tertiary alicyclic amines) is 1. The molecule has 2 aliphatic rings. The van der Waals surface area contributed by atoms with Crippen molar-refractivity contribution in [2.45, 2.75) is 38.6 Å². The first-order valence-corrected chi connectivity index (χ1v) is 9.50. The number of carbonyl (C=O) groups excluding carboxylic acids is 3. The van der Waals surface area contributed by atoms with E-state index in [1.807, 2.05) is 6.92 Å². The number of hydrogen-bond donors (Lipinski definition) is 3. The van der Waals surface area contributed by atoms with Gasteiger partial charge in [-0.3, -0.25) is 24.7 Å². The van der Waals surface area contributed by atoms with E-state index in [0.29, 0.717) is 30.8 Å². The van der Waals surface area contributed by atoms with Crippen LogP contribution in [0.25, 0.3) is 0 Å². The summed E-state index contributed by atoms with van der Waals surface area (Å²) in [6.07, 6.45) is 2.04. The van der Waals surface area contributed by atoms with Crippen LogP contribution in [0.1, 0.15) is 43.5 Å². The molecule has 0 saturated carbocycles. The first-order chi connectivity index (χ1) is 13.2. The first kappa shape index (κ1) is 19.9. The van der Waals surface area contributed by atoms with E-state index in [1.54, 1.807) is 36.2 Å². The van der Waals surface area contributed by atoms with Gasteiger partial charge in [-0.1, -0.05) is 6.07 Å². The van der Waals surface area contributed by atoms with Crippen molar-refractivity contribution in [3.8, 4) is 0 Å². The highest BCUT2D eigenvalue weighted by atomic mass is 16.2. The van der Waals surface area contributed by atoms with Gasteiger partial charge in [-0.05, 0) is 43.9 Å². The van der Waals surface area contributed by atoms with Crippen LogP contribution in [0.5, 0.6) is 0 Å². The third-order valence-electron chi connectivity index (χ3n) is 5.67. The van der Waals surface area contributed by atoms with Crippen molar-refractivity contribution in [1.29, 1.82) is 5.41 Å². The molecule has 3 amide bonds. The fourth-order valence-corrected chi connectivity index (χ4v) is 4.00. The normalized spacial score (nSPS) is 25.3. The van der Waals surface area contributed by atoms with E-state index >= 15 is 0 Å². The Kier molecular flexibility index (Phi) is 5.40. The Labute approximate surface area is 164 Å². The molecular weight excluding hydrogens is 358 g/mol. The molecule has 8 heteroatoms. The zero-order valence-corrected chi connectivity index (χ0v) is 16.5. The second kappa shape index (κ2) is 7.61. The lowest BCUT2D eigenvalue weighted by atomic mass is 9.76. The molecule has 28 heavy (non-hydrogen) atoms. The fourth-order valence-electron chi connectivity index (χ4n) is 4.00. The average Bonchev–Trinajstić information content (AvgIpc) is 2.65. The number of guanidine groups is 1. The first-order valence-electron chi connectivity index (χ1n) is 9.50. The van der Waals surface area contributed by atoms with Gasteiger partial charge in [0.25, 0.3) is 5.91 Å². The van der Waals surface area contributed by atoms with Gasteiger partial charge in [0, 0.05) is 38.3 Å². The maximum atomic E-state index is 13.0. The van der Waals surface area contributed by atoms with Crippen molar-refractivity contribution in [2.24, 2.45) is 5.92 Å². The summed E-state index contributed by atoms with van der Waals surface area (Å²) in [5, 5.41) is 13.9. The summed E-state index contributed by atoms with van der Waals surface area (Å²) in [5.41, 5.74) is 0.574. The van der Waals surface area contributed by atoms with E-state index < -0.39 is 5.54 Å². The Balaban J connectivity index is 1.74. The monoisotopic (exact) mass is 385 g/mol. The van der Waals surface area contributed by atoms with E-state index in [1.165, 1.54) is 11.8 Å². The molecule has 2 fully saturated rings. The largest absolute Gasteiger partial charge is 0.350 e. The molecule has 0 spiro atoms. The number of carbonyl (C=O) groups is 3. The van der Waals surface area contributed by atoms with Crippen LogP contribution in [0.4, 0.5) is 5.69 Å². The van der Waals surface area contributed by atoms with E-state index in [2.05, 4.69) is 10.6 Å². The number of anilines is 1. The fraction of sp³-hybridized carbons (Fsp3) is 0.500. The minimum absolute atomic E-state index is 0.0710. The molecule has 3 rings (SSSR count). The number of benzene rings is 1. The third kappa shape index (κ3) is 4.00. The quantitative estimate of drug-likeness (QED) is 0.735. The van der Waals surface area contributed by atoms with Gasteiger partial charge < -0.3 is 15.5 Å². The summed E-state index contributed by atoms with van der Waals surface area (Å²) in [6.45, 7) is 4.57. The van der Waals surface area contributed by atoms with E-state index in [4.69, 9.17) is 5.41 Å².